The van der Waals surface area contributed by atoms with Gasteiger partial charge in [0.1, 0.15) is 42.2 Å². The molecule has 0 unspecified atom stereocenters. The van der Waals surface area contributed by atoms with Crippen molar-refractivity contribution in [2.75, 3.05) is 13.2 Å². The lowest BCUT2D eigenvalue weighted by atomic mass is 9.99. The van der Waals surface area contributed by atoms with Crippen molar-refractivity contribution >= 4 is 70.1 Å². The maximum atomic E-state index is 14.5. The lowest BCUT2D eigenvalue weighted by molar-refractivity contribution is -0.135. The van der Waals surface area contributed by atoms with E-state index < -0.39 is 84.3 Å². The van der Waals surface area contributed by atoms with Crippen molar-refractivity contribution in [3.63, 3.8) is 0 Å². The second-order valence-electron chi connectivity index (χ2n) is 16.9. The molecule has 0 radical (unpaired) electrons. The summed E-state index contributed by atoms with van der Waals surface area (Å²) in [5.41, 5.74) is 7.44. The number of benzene rings is 4. The number of aromatic nitrogens is 1. The van der Waals surface area contributed by atoms with Crippen molar-refractivity contribution in [1.82, 2.24) is 42.2 Å². The fourth-order valence-corrected chi connectivity index (χ4v) is 7.73. The van der Waals surface area contributed by atoms with Gasteiger partial charge in [0, 0.05) is 56.6 Å². The van der Waals surface area contributed by atoms with E-state index in [1.165, 1.54) is 43.6 Å². The number of carbonyl (C=O) groups excluding carboxylic acids is 8. The van der Waals surface area contributed by atoms with Crippen LogP contribution in [0.15, 0.2) is 116 Å². The Bertz CT molecular complexity index is 2620. The molecule has 1 aromatic heterocycles. The number of nitrogens with zero attached hydrogens (tertiary/aromatic N) is 1. The molecule has 19 nitrogen and oxygen atoms in total. The molecule has 0 spiro atoms. The number of nitrogens with two attached hydrogens (primary N) is 1. The molecule has 0 saturated carbocycles. The van der Waals surface area contributed by atoms with Crippen molar-refractivity contribution < 1.29 is 48.6 Å². The largest absolute Gasteiger partial charge is 0.508 e. The Hall–Kier alpha value is -7.90. The van der Waals surface area contributed by atoms with Gasteiger partial charge in [-0.3, -0.25) is 33.8 Å². The van der Waals surface area contributed by atoms with Crippen LogP contribution in [0.5, 0.6) is 5.75 Å². The van der Waals surface area contributed by atoms with Crippen LogP contribution in [0, 0.1) is 0 Å². The van der Waals surface area contributed by atoms with Crippen LogP contribution in [0.25, 0.3) is 10.8 Å². The number of rotatable bonds is 26. The van der Waals surface area contributed by atoms with Gasteiger partial charge in [-0.05, 0) is 82.6 Å². The number of unbranched alkanes of at least 4 members (excludes halogenated alkanes) is 1. The SMILES string of the molecule is CC(=O)N[C@H](Cc1ccc2ccccc2c1)C(=O)N[C@H](Cc1ccc(Cl)cc1)C(=O)N[C@H](Cc1cccnc1)C(=O)N[C@@H](CO)C(=O)N[C@@H](Cc1ccc(O)cc1)C(=O)N[C@@H](C=O)CCCCNC(N)=O. The van der Waals surface area contributed by atoms with Gasteiger partial charge in [-0.2, -0.15) is 0 Å². The molecule has 374 valence electrons. The molecule has 0 aliphatic heterocycles. The molecule has 0 aliphatic carbocycles. The van der Waals surface area contributed by atoms with Crippen LogP contribution in [0.3, 0.4) is 0 Å². The fraction of sp³-hybridized carbons (Fsp3) is 0.314. The van der Waals surface area contributed by atoms with E-state index in [1.807, 2.05) is 42.5 Å². The van der Waals surface area contributed by atoms with Crippen molar-refractivity contribution in [1.29, 1.82) is 0 Å². The molecule has 8 amide bonds. The first kappa shape index (κ1) is 54.0. The number of nitrogens with one attached hydrogen (secondary N) is 7. The third kappa shape index (κ3) is 17.8. The number of primary amides is 1. The van der Waals surface area contributed by atoms with Gasteiger partial charge in [-0.15, -0.1) is 0 Å². The van der Waals surface area contributed by atoms with Gasteiger partial charge in [0.25, 0.3) is 0 Å². The summed E-state index contributed by atoms with van der Waals surface area (Å²) in [6.45, 7) is 0.572. The Morgan fingerprint density at radius 1 is 0.606 bits per heavy atom. The Balaban J connectivity index is 1.36. The molecule has 11 N–H and O–H groups in total. The van der Waals surface area contributed by atoms with Crippen LogP contribution in [-0.4, -0.2) is 112 Å². The summed E-state index contributed by atoms with van der Waals surface area (Å²) in [6.07, 6.45) is 4.29. The molecule has 0 bridgehead atoms. The van der Waals surface area contributed by atoms with E-state index in [0.29, 0.717) is 40.8 Å². The number of aliphatic hydroxyl groups is 1. The van der Waals surface area contributed by atoms with Crippen LogP contribution in [0.2, 0.25) is 5.02 Å². The van der Waals surface area contributed by atoms with Gasteiger partial charge >= 0.3 is 6.03 Å². The molecule has 0 fully saturated rings. The number of halogens is 1. The summed E-state index contributed by atoms with van der Waals surface area (Å²) in [6, 6.07) is 20.4. The zero-order valence-electron chi connectivity index (χ0n) is 38.9. The Morgan fingerprint density at radius 2 is 1.11 bits per heavy atom. The molecule has 6 atom stereocenters. The van der Waals surface area contributed by atoms with Crippen molar-refractivity contribution in [3.8, 4) is 5.75 Å². The molecule has 4 aromatic carbocycles. The van der Waals surface area contributed by atoms with Gasteiger partial charge < -0.3 is 58.0 Å². The summed E-state index contributed by atoms with van der Waals surface area (Å²) >= 11 is 6.16. The number of pyridine rings is 1. The number of aldehydes is 1. The average Bonchev–Trinajstić information content (AvgIpc) is 3.35. The quantitative estimate of drug-likeness (QED) is 0.0282. The standard InChI is InChI=1S/C51H58ClN9O10/c1-31(64)56-41(26-34-11-16-36-8-2-3-9-37(36)23-34)47(67)58-43(24-32-12-17-38(52)18-13-32)48(68)59-44(27-35-7-6-21-54-28-35)49(69)61-45(30-63)50(70)60-42(25-33-14-19-40(65)20-15-33)46(66)57-39(29-62)10-4-5-22-55-51(53)71/h2-3,6-9,11-21,23,28-29,39,41-45,63,65H,4-5,10,22,24-27,30H2,1H3,(H,56,64)(H,57,66)(H,58,67)(H,59,68)(H,60,70)(H,61,69)(H3,53,55,71)/t39-,41-,42+,43-,44-,45+/m1/s1. The topological polar surface area (TPSA) is 300 Å². The van der Waals surface area contributed by atoms with Crippen molar-refractivity contribution in [2.24, 2.45) is 5.73 Å². The van der Waals surface area contributed by atoms with E-state index in [0.717, 1.165) is 16.3 Å². The van der Waals surface area contributed by atoms with Gasteiger partial charge in [0.15, 0.2) is 0 Å². The molecular weight excluding hydrogens is 934 g/mol. The number of phenols is 1. The van der Waals surface area contributed by atoms with Crippen LogP contribution in [0.4, 0.5) is 4.79 Å². The number of fused-ring (bicyclic) bond motifs is 1. The Morgan fingerprint density at radius 3 is 1.66 bits per heavy atom. The fourth-order valence-electron chi connectivity index (χ4n) is 7.60. The summed E-state index contributed by atoms with van der Waals surface area (Å²) in [5.74, 6) is -4.71. The average molecular weight is 993 g/mol. The van der Waals surface area contributed by atoms with Gasteiger partial charge in [0.05, 0.1) is 12.6 Å². The lowest BCUT2D eigenvalue weighted by Crippen LogP contribution is -2.61. The van der Waals surface area contributed by atoms with Crippen LogP contribution < -0.4 is 43.0 Å². The van der Waals surface area contributed by atoms with E-state index in [1.54, 1.807) is 36.4 Å². The first-order valence-corrected chi connectivity index (χ1v) is 23.3. The number of carbonyl (C=O) groups is 8. The minimum atomic E-state index is -1.68. The molecule has 20 heteroatoms. The first-order chi connectivity index (χ1) is 34.1. The summed E-state index contributed by atoms with van der Waals surface area (Å²) in [5, 5.41) is 40.9. The highest BCUT2D eigenvalue weighted by molar-refractivity contribution is 6.30. The van der Waals surface area contributed by atoms with E-state index in [2.05, 4.69) is 42.2 Å². The van der Waals surface area contributed by atoms with Crippen molar-refractivity contribution in [2.45, 2.75) is 88.1 Å². The van der Waals surface area contributed by atoms with E-state index in [9.17, 15) is 48.6 Å². The number of hydrogen-bond acceptors (Lipinski definition) is 11. The first-order valence-electron chi connectivity index (χ1n) is 22.9. The molecule has 1 heterocycles. The van der Waals surface area contributed by atoms with Gasteiger partial charge in [-0.1, -0.05) is 84.4 Å². The highest BCUT2D eigenvalue weighted by atomic mass is 35.5. The van der Waals surface area contributed by atoms with E-state index in [-0.39, 0.29) is 44.4 Å². The van der Waals surface area contributed by atoms with Gasteiger partial charge in [-0.25, -0.2) is 4.79 Å². The normalized spacial score (nSPS) is 13.5. The van der Waals surface area contributed by atoms with Crippen LogP contribution in [0.1, 0.15) is 48.4 Å². The predicted molar refractivity (Wildman–Crippen MR) is 264 cm³/mol. The Labute approximate surface area is 415 Å². The van der Waals surface area contributed by atoms with E-state index in [4.69, 9.17) is 17.3 Å². The number of phenolic OH excluding ortho intramolecular Hbond substituents is 1. The van der Waals surface area contributed by atoms with Gasteiger partial charge in [0.2, 0.25) is 35.4 Å². The minimum Gasteiger partial charge on any atom is -0.508 e. The highest BCUT2D eigenvalue weighted by Gasteiger charge is 2.33. The predicted octanol–water partition coefficient (Wildman–Crippen LogP) is 1.82. The zero-order valence-corrected chi connectivity index (χ0v) is 39.7. The minimum absolute atomic E-state index is 0.0496. The number of hydrogen-bond donors (Lipinski definition) is 10. The maximum Gasteiger partial charge on any atom is 0.312 e. The summed E-state index contributed by atoms with van der Waals surface area (Å²) in [4.78, 5) is 110. The zero-order chi connectivity index (χ0) is 51.3. The third-order valence-corrected chi connectivity index (χ3v) is 11.5. The number of urea groups is 1. The molecule has 5 rings (SSSR count). The highest BCUT2D eigenvalue weighted by Crippen LogP contribution is 2.18. The van der Waals surface area contributed by atoms with E-state index >= 15 is 0 Å². The monoisotopic (exact) mass is 991 g/mol. The van der Waals surface area contributed by atoms with Crippen molar-refractivity contribution in [3.05, 3.63) is 143 Å². The number of aromatic hydroxyl groups is 1. The molecule has 71 heavy (non-hydrogen) atoms. The number of aliphatic hydroxyl groups excluding tert-OH is 1. The van der Waals surface area contributed by atoms with Crippen LogP contribution in [-0.2, 0) is 59.2 Å². The smallest absolute Gasteiger partial charge is 0.312 e. The second kappa shape index (κ2) is 27.3. The molecule has 0 aliphatic rings. The molecular formula is C51H58ClN9O10. The summed E-state index contributed by atoms with van der Waals surface area (Å²) in [7, 11) is 0. The maximum absolute atomic E-state index is 14.5. The number of amides is 8. The third-order valence-electron chi connectivity index (χ3n) is 11.3. The molecule has 5 aromatic rings. The Kier molecular flexibility index (Phi) is 20.8. The lowest BCUT2D eigenvalue weighted by Gasteiger charge is -2.27. The van der Waals surface area contributed by atoms with Crippen LogP contribution >= 0.6 is 11.6 Å². The second-order valence-corrected chi connectivity index (χ2v) is 17.3. The summed E-state index contributed by atoms with van der Waals surface area (Å²) < 4.78 is 0. The molecule has 0 saturated heterocycles.